The largest absolute Gasteiger partial charge is 0.463 e. The van der Waals surface area contributed by atoms with E-state index in [1.165, 1.54) is 57.8 Å². The monoisotopic (exact) mass is 329 g/mol. The highest BCUT2D eigenvalue weighted by Gasteiger charge is 2.10. The van der Waals surface area contributed by atoms with Crippen molar-refractivity contribution in [3.8, 4) is 0 Å². The van der Waals surface area contributed by atoms with Crippen molar-refractivity contribution in [3.05, 3.63) is 0 Å². The van der Waals surface area contributed by atoms with Crippen molar-refractivity contribution in [2.24, 2.45) is 11.5 Å². The molecule has 0 heterocycles. The molecule has 0 aromatic carbocycles. The molecular formula is C18H39N3O2. The number of hydrogen-bond donors (Lipinski definition) is 2. The van der Waals surface area contributed by atoms with E-state index in [0.717, 1.165) is 19.5 Å². The Kier molecular flexibility index (Phi) is 17.2. The Labute approximate surface area is 143 Å². The number of nitrogens with two attached hydrogens (primary N) is 2. The molecule has 0 bridgehead atoms. The maximum Gasteiger partial charge on any atom is 0.320 e. The van der Waals surface area contributed by atoms with E-state index in [0.29, 0.717) is 26.2 Å². The summed E-state index contributed by atoms with van der Waals surface area (Å²) in [6, 6.07) is 0. The summed E-state index contributed by atoms with van der Waals surface area (Å²) in [7, 11) is 0. The second-order valence-electron chi connectivity index (χ2n) is 6.26. The average Bonchev–Trinajstić information content (AvgIpc) is 2.54. The van der Waals surface area contributed by atoms with Gasteiger partial charge in [0.05, 0.1) is 6.54 Å². The van der Waals surface area contributed by atoms with Crippen LogP contribution in [0.3, 0.4) is 0 Å². The zero-order chi connectivity index (χ0) is 17.2. The third-order valence-corrected chi connectivity index (χ3v) is 4.01. The summed E-state index contributed by atoms with van der Waals surface area (Å²) in [5.74, 6) is -0.198. The van der Waals surface area contributed by atoms with Crippen LogP contribution in [0.5, 0.6) is 0 Å². The summed E-state index contributed by atoms with van der Waals surface area (Å²) in [5.41, 5.74) is 10.9. The second kappa shape index (κ2) is 17.7. The van der Waals surface area contributed by atoms with Crippen molar-refractivity contribution in [1.29, 1.82) is 0 Å². The van der Waals surface area contributed by atoms with Crippen molar-refractivity contribution in [2.45, 2.75) is 71.1 Å². The summed E-state index contributed by atoms with van der Waals surface area (Å²) in [6.45, 7) is 5.50. The molecule has 5 nitrogen and oxygen atoms in total. The number of nitrogens with zero attached hydrogens (tertiary/aromatic N) is 1. The first kappa shape index (κ1) is 22.4. The lowest BCUT2D eigenvalue weighted by atomic mass is 10.1. The van der Waals surface area contributed by atoms with Crippen LogP contribution in [0.15, 0.2) is 0 Å². The molecule has 138 valence electrons. The Morgan fingerprint density at radius 2 is 1.39 bits per heavy atom. The Hall–Kier alpha value is -0.650. The third kappa shape index (κ3) is 16.0. The van der Waals surface area contributed by atoms with E-state index in [9.17, 15) is 4.79 Å². The summed E-state index contributed by atoms with van der Waals surface area (Å²) in [4.78, 5) is 13.7. The molecule has 0 saturated carbocycles. The highest BCUT2D eigenvalue weighted by Crippen LogP contribution is 2.10. The quantitative estimate of drug-likeness (QED) is 0.317. The van der Waals surface area contributed by atoms with Crippen LogP contribution in [0.4, 0.5) is 0 Å². The molecule has 4 N–H and O–H groups in total. The molecule has 23 heavy (non-hydrogen) atoms. The zero-order valence-electron chi connectivity index (χ0n) is 15.2. The van der Waals surface area contributed by atoms with E-state index < -0.39 is 0 Å². The lowest BCUT2D eigenvalue weighted by Crippen LogP contribution is -2.36. The maximum absolute atomic E-state index is 11.6. The molecule has 0 radical (unpaired) electrons. The predicted molar refractivity (Wildman–Crippen MR) is 97.4 cm³/mol. The van der Waals surface area contributed by atoms with Gasteiger partial charge in [0.25, 0.3) is 0 Å². The van der Waals surface area contributed by atoms with Crippen molar-refractivity contribution >= 4 is 5.97 Å². The van der Waals surface area contributed by atoms with Gasteiger partial charge in [0.2, 0.25) is 0 Å². The van der Waals surface area contributed by atoms with Crippen LogP contribution >= 0.6 is 0 Å². The van der Waals surface area contributed by atoms with Gasteiger partial charge in [-0.1, -0.05) is 64.7 Å². The Bertz CT molecular complexity index is 263. The van der Waals surface area contributed by atoms with E-state index in [-0.39, 0.29) is 5.97 Å². The van der Waals surface area contributed by atoms with Crippen molar-refractivity contribution < 1.29 is 9.53 Å². The highest BCUT2D eigenvalue weighted by molar-refractivity contribution is 5.71. The molecular weight excluding hydrogens is 290 g/mol. The molecule has 5 heteroatoms. The molecule has 0 fully saturated rings. The first-order chi connectivity index (χ1) is 11.2. The van der Waals surface area contributed by atoms with Crippen molar-refractivity contribution in [1.82, 2.24) is 4.90 Å². The van der Waals surface area contributed by atoms with Crippen LogP contribution in [0.25, 0.3) is 0 Å². The number of carbonyl (C=O) groups is 1. The fourth-order valence-corrected chi connectivity index (χ4v) is 2.68. The van der Waals surface area contributed by atoms with Crippen molar-refractivity contribution in [3.63, 3.8) is 0 Å². The summed E-state index contributed by atoms with van der Waals surface area (Å²) in [6.07, 6.45) is 13.2. The predicted octanol–water partition coefficient (Wildman–Crippen LogP) is 2.67. The number of ether oxygens (including phenoxy) is 1. The van der Waals surface area contributed by atoms with E-state index in [1.54, 1.807) is 0 Å². The van der Waals surface area contributed by atoms with Crippen molar-refractivity contribution in [2.75, 3.05) is 39.3 Å². The minimum absolute atomic E-state index is 0.198. The number of esters is 1. The van der Waals surface area contributed by atoms with Gasteiger partial charge in [-0.05, 0) is 13.0 Å². The minimum atomic E-state index is -0.198. The van der Waals surface area contributed by atoms with Crippen LogP contribution in [0.2, 0.25) is 0 Å². The molecule has 0 atom stereocenters. The summed E-state index contributed by atoms with van der Waals surface area (Å²) in [5, 5.41) is 0. The lowest BCUT2D eigenvalue weighted by Gasteiger charge is -2.20. The smallest absolute Gasteiger partial charge is 0.320 e. The Balaban J connectivity index is 3.54. The molecule has 0 amide bonds. The van der Waals surface area contributed by atoms with E-state index >= 15 is 0 Å². The standard InChI is InChI=1S/C18H39N3O2/c1-2-3-4-5-6-7-8-9-10-11-14-21(15-12-19)17-18(22)23-16-13-20/h2-17,19-20H2,1H3. The topological polar surface area (TPSA) is 81.6 Å². The Morgan fingerprint density at radius 3 is 1.91 bits per heavy atom. The Morgan fingerprint density at radius 1 is 0.826 bits per heavy atom. The first-order valence-electron chi connectivity index (χ1n) is 9.52. The maximum atomic E-state index is 11.6. The van der Waals surface area contributed by atoms with E-state index in [4.69, 9.17) is 16.2 Å². The molecule has 0 aromatic rings. The van der Waals surface area contributed by atoms with Gasteiger partial charge in [-0.15, -0.1) is 0 Å². The van der Waals surface area contributed by atoms with Gasteiger partial charge in [-0.2, -0.15) is 0 Å². The molecule has 0 saturated heterocycles. The molecule has 0 aromatic heterocycles. The third-order valence-electron chi connectivity index (χ3n) is 4.01. The second-order valence-corrected chi connectivity index (χ2v) is 6.26. The molecule has 0 aliphatic heterocycles. The average molecular weight is 330 g/mol. The first-order valence-corrected chi connectivity index (χ1v) is 9.52. The molecule has 0 spiro atoms. The number of rotatable bonds is 17. The zero-order valence-corrected chi connectivity index (χ0v) is 15.2. The van der Waals surface area contributed by atoms with Gasteiger partial charge in [0.1, 0.15) is 6.61 Å². The molecule has 0 aliphatic carbocycles. The molecule has 0 rings (SSSR count). The van der Waals surface area contributed by atoms with Gasteiger partial charge < -0.3 is 16.2 Å². The van der Waals surface area contributed by atoms with Gasteiger partial charge in [0.15, 0.2) is 0 Å². The van der Waals surface area contributed by atoms with Crippen LogP contribution in [0, 0.1) is 0 Å². The van der Waals surface area contributed by atoms with Crippen LogP contribution in [0.1, 0.15) is 71.1 Å². The van der Waals surface area contributed by atoms with Crippen LogP contribution < -0.4 is 11.5 Å². The SMILES string of the molecule is CCCCCCCCCCCCN(CCN)CC(=O)OCCN. The fraction of sp³-hybridized carbons (Fsp3) is 0.944. The van der Waals surface area contributed by atoms with Crippen LogP contribution in [-0.2, 0) is 9.53 Å². The number of hydrogen-bond acceptors (Lipinski definition) is 5. The highest BCUT2D eigenvalue weighted by atomic mass is 16.5. The minimum Gasteiger partial charge on any atom is -0.463 e. The van der Waals surface area contributed by atoms with Gasteiger partial charge in [0, 0.05) is 19.6 Å². The fourth-order valence-electron chi connectivity index (χ4n) is 2.68. The number of unbranched alkanes of at least 4 members (excludes halogenated alkanes) is 9. The van der Waals surface area contributed by atoms with Gasteiger partial charge in [-0.25, -0.2) is 0 Å². The van der Waals surface area contributed by atoms with E-state index in [2.05, 4.69) is 11.8 Å². The van der Waals surface area contributed by atoms with E-state index in [1.807, 2.05) is 0 Å². The number of carbonyl (C=O) groups excluding carboxylic acids is 1. The lowest BCUT2D eigenvalue weighted by molar-refractivity contribution is -0.144. The molecule has 0 unspecified atom stereocenters. The summed E-state index contributed by atoms with van der Waals surface area (Å²) >= 11 is 0. The normalized spacial score (nSPS) is 11.1. The summed E-state index contributed by atoms with van der Waals surface area (Å²) < 4.78 is 5.02. The molecule has 0 aliphatic rings. The van der Waals surface area contributed by atoms with Crippen LogP contribution in [-0.4, -0.2) is 50.2 Å². The van der Waals surface area contributed by atoms with Gasteiger partial charge >= 0.3 is 5.97 Å². The van der Waals surface area contributed by atoms with Gasteiger partial charge in [-0.3, -0.25) is 9.69 Å².